The van der Waals surface area contributed by atoms with Crippen LogP contribution in [-0.2, 0) is 13.5 Å². The van der Waals surface area contributed by atoms with Crippen molar-refractivity contribution in [3.8, 4) is 0 Å². The highest BCUT2D eigenvalue weighted by atomic mass is 15.3. The van der Waals surface area contributed by atoms with Gasteiger partial charge < -0.3 is 5.32 Å². The Labute approximate surface area is 92.9 Å². The SMILES string of the molecule is CCCNCCCCc1cnn(C)c1C. The van der Waals surface area contributed by atoms with Gasteiger partial charge in [-0.05, 0) is 51.3 Å². The fourth-order valence-corrected chi connectivity index (χ4v) is 1.66. The molecule has 0 bridgehead atoms. The van der Waals surface area contributed by atoms with E-state index >= 15 is 0 Å². The van der Waals surface area contributed by atoms with E-state index in [1.807, 2.05) is 17.9 Å². The van der Waals surface area contributed by atoms with Crippen LogP contribution in [0, 0.1) is 6.92 Å². The Morgan fingerprint density at radius 2 is 2.13 bits per heavy atom. The predicted molar refractivity (Wildman–Crippen MR) is 64.0 cm³/mol. The number of nitrogens with one attached hydrogen (secondary N) is 1. The van der Waals surface area contributed by atoms with Crippen molar-refractivity contribution in [2.75, 3.05) is 13.1 Å². The van der Waals surface area contributed by atoms with Gasteiger partial charge in [-0.2, -0.15) is 5.10 Å². The maximum absolute atomic E-state index is 4.25. The third-order valence-electron chi connectivity index (χ3n) is 2.81. The van der Waals surface area contributed by atoms with Gasteiger partial charge in [0.15, 0.2) is 0 Å². The van der Waals surface area contributed by atoms with E-state index in [-0.39, 0.29) is 0 Å². The van der Waals surface area contributed by atoms with Gasteiger partial charge in [0.2, 0.25) is 0 Å². The van der Waals surface area contributed by atoms with Crippen LogP contribution in [0.25, 0.3) is 0 Å². The number of rotatable bonds is 7. The zero-order valence-electron chi connectivity index (χ0n) is 10.2. The smallest absolute Gasteiger partial charge is 0.0524 e. The van der Waals surface area contributed by atoms with Crippen LogP contribution in [0.1, 0.15) is 37.4 Å². The molecule has 0 fully saturated rings. The Kier molecular flexibility index (Phi) is 5.40. The van der Waals surface area contributed by atoms with Gasteiger partial charge in [0, 0.05) is 12.7 Å². The number of unbranched alkanes of at least 4 members (excludes halogenated alkanes) is 1. The maximum atomic E-state index is 4.25. The predicted octanol–water partition coefficient (Wildman–Crippen LogP) is 2.05. The number of hydrogen-bond donors (Lipinski definition) is 1. The van der Waals surface area contributed by atoms with Crippen LogP contribution in [0.3, 0.4) is 0 Å². The summed E-state index contributed by atoms with van der Waals surface area (Å²) < 4.78 is 1.95. The molecule has 1 N–H and O–H groups in total. The van der Waals surface area contributed by atoms with E-state index in [9.17, 15) is 0 Å². The molecule has 1 aromatic heterocycles. The van der Waals surface area contributed by atoms with E-state index in [1.165, 1.54) is 30.5 Å². The Morgan fingerprint density at radius 3 is 2.73 bits per heavy atom. The zero-order valence-corrected chi connectivity index (χ0v) is 10.2. The third kappa shape index (κ3) is 4.04. The molecule has 0 spiro atoms. The van der Waals surface area contributed by atoms with Crippen molar-refractivity contribution < 1.29 is 0 Å². The van der Waals surface area contributed by atoms with Crippen LogP contribution >= 0.6 is 0 Å². The highest BCUT2D eigenvalue weighted by molar-refractivity contribution is 5.15. The first-order chi connectivity index (χ1) is 7.25. The molecule has 0 aromatic carbocycles. The van der Waals surface area contributed by atoms with Crippen LogP contribution in [0.4, 0.5) is 0 Å². The largest absolute Gasteiger partial charge is 0.317 e. The van der Waals surface area contributed by atoms with Crippen molar-refractivity contribution in [2.45, 2.75) is 39.5 Å². The normalized spacial score (nSPS) is 10.9. The summed E-state index contributed by atoms with van der Waals surface area (Å²) in [7, 11) is 2.00. The molecule has 0 atom stereocenters. The Hall–Kier alpha value is -0.830. The fraction of sp³-hybridized carbons (Fsp3) is 0.750. The number of aryl methyl sites for hydroxylation is 2. The topological polar surface area (TPSA) is 29.9 Å². The second-order valence-electron chi connectivity index (χ2n) is 4.09. The monoisotopic (exact) mass is 209 g/mol. The molecule has 0 saturated carbocycles. The van der Waals surface area contributed by atoms with Crippen LogP contribution in [0.5, 0.6) is 0 Å². The van der Waals surface area contributed by atoms with E-state index in [0.29, 0.717) is 0 Å². The summed E-state index contributed by atoms with van der Waals surface area (Å²) in [5, 5.41) is 7.67. The molecule has 3 nitrogen and oxygen atoms in total. The molecule has 1 aromatic rings. The molecular weight excluding hydrogens is 186 g/mol. The first-order valence-corrected chi connectivity index (χ1v) is 5.94. The molecule has 15 heavy (non-hydrogen) atoms. The summed E-state index contributed by atoms with van der Waals surface area (Å²) in [6.07, 6.45) is 6.89. The lowest BCUT2D eigenvalue weighted by molar-refractivity contribution is 0.616. The number of hydrogen-bond acceptors (Lipinski definition) is 2. The van der Waals surface area contributed by atoms with Crippen molar-refractivity contribution in [1.29, 1.82) is 0 Å². The summed E-state index contributed by atoms with van der Waals surface area (Å²) in [4.78, 5) is 0. The van der Waals surface area contributed by atoms with Gasteiger partial charge in [0.25, 0.3) is 0 Å². The van der Waals surface area contributed by atoms with Gasteiger partial charge in [0.1, 0.15) is 0 Å². The molecule has 0 aliphatic carbocycles. The lowest BCUT2D eigenvalue weighted by Crippen LogP contribution is -2.15. The van der Waals surface area contributed by atoms with E-state index < -0.39 is 0 Å². The third-order valence-corrected chi connectivity index (χ3v) is 2.81. The zero-order chi connectivity index (χ0) is 11.1. The number of nitrogens with zero attached hydrogens (tertiary/aromatic N) is 2. The summed E-state index contributed by atoms with van der Waals surface area (Å²) in [5.74, 6) is 0. The van der Waals surface area contributed by atoms with Crippen molar-refractivity contribution in [2.24, 2.45) is 7.05 Å². The quantitative estimate of drug-likeness (QED) is 0.697. The first-order valence-electron chi connectivity index (χ1n) is 5.94. The minimum absolute atomic E-state index is 1.14. The molecule has 0 radical (unpaired) electrons. The van der Waals surface area contributed by atoms with Crippen LogP contribution in [0.15, 0.2) is 6.20 Å². The minimum atomic E-state index is 1.14. The van der Waals surface area contributed by atoms with Crippen LogP contribution in [-0.4, -0.2) is 22.9 Å². The average molecular weight is 209 g/mol. The lowest BCUT2D eigenvalue weighted by atomic mass is 10.1. The molecule has 3 heteroatoms. The summed E-state index contributed by atoms with van der Waals surface area (Å²) in [6.45, 7) is 6.63. The van der Waals surface area contributed by atoms with Gasteiger partial charge in [-0.1, -0.05) is 6.92 Å². The van der Waals surface area contributed by atoms with Crippen molar-refractivity contribution in [3.05, 3.63) is 17.5 Å². The van der Waals surface area contributed by atoms with Gasteiger partial charge in [-0.25, -0.2) is 0 Å². The first kappa shape index (κ1) is 12.2. The molecule has 0 amide bonds. The maximum Gasteiger partial charge on any atom is 0.0524 e. The van der Waals surface area contributed by atoms with Gasteiger partial charge in [0.05, 0.1) is 6.20 Å². The lowest BCUT2D eigenvalue weighted by Gasteiger charge is -2.03. The van der Waals surface area contributed by atoms with E-state index in [1.54, 1.807) is 0 Å². The number of aromatic nitrogens is 2. The average Bonchev–Trinajstić information content (AvgIpc) is 2.54. The fourth-order valence-electron chi connectivity index (χ4n) is 1.66. The summed E-state index contributed by atoms with van der Waals surface area (Å²) >= 11 is 0. The molecule has 0 unspecified atom stereocenters. The molecule has 86 valence electrons. The highest BCUT2D eigenvalue weighted by Gasteiger charge is 2.02. The van der Waals surface area contributed by atoms with Crippen molar-refractivity contribution in [3.63, 3.8) is 0 Å². The second-order valence-corrected chi connectivity index (χ2v) is 4.09. The van der Waals surface area contributed by atoms with E-state index in [4.69, 9.17) is 0 Å². The van der Waals surface area contributed by atoms with E-state index in [0.717, 1.165) is 19.5 Å². The minimum Gasteiger partial charge on any atom is -0.317 e. The standard InChI is InChI=1S/C12H23N3/c1-4-8-13-9-6-5-7-12-10-14-15(3)11(12)2/h10,13H,4-9H2,1-3H3. The summed E-state index contributed by atoms with van der Waals surface area (Å²) in [5.41, 5.74) is 2.70. The van der Waals surface area contributed by atoms with Gasteiger partial charge >= 0.3 is 0 Å². The van der Waals surface area contributed by atoms with Crippen molar-refractivity contribution >= 4 is 0 Å². The Balaban J connectivity index is 2.12. The second kappa shape index (κ2) is 6.62. The molecule has 0 aliphatic rings. The molecular formula is C12H23N3. The molecule has 1 heterocycles. The van der Waals surface area contributed by atoms with Gasteiger partial charge in [-0.15, -0.1) is 0 Å². The molecule has 1 rings (SSSR count). The van der Waals surface area contributed by atoms with Crippen LogP contribution < -0.4 is 5.32 Å². The van der Waals surface area contributed by atoms with E-state index in [2.05, 4.69) is 24.3 Å². The molecule has 0 saturated heterocycles. The Morgan fingerprint density at radius 1 is 1.33 bits per heavy atom. The molecule has 0 aliphatic heterocycles. The van der Waals surface area contributed by atoms with Gasteiger partial charge in [-0.3, -0.25) is 4.68 Å². The summed E-state index contributed by atoms with van der Waals surface area (Å²) in [6, 6.07) is 0. The van der Waals surface area contributed by atoms with Crippen LogP contribution in [0.2, 0.25) is 0 Å². The highest BCUT2D eigenvalue weighted by Crippen LogP contribution is 2.09. The Bertz CT molecular complexity index is 278. The van der Waals surface area contributed by atoms with Crippen molar-refractivity contribution in [1.82, 2.24) is 15.1 Å².